The van der Waals surface area contributed by atoms with E-state index in [0.29, 0.717) is 66.0 Å². The Bertz CT molecular complexity index is 1260. The minimum atomic E-state index is -5.09. The largest absolute Gasteiger partial charge is 0.494 e. The molecular formula is C23H21Cl2F6N3O3S. The lowest BCUT2D eigenvalue weighted by Crippen LogP contribution is -2.43. The summed E-state index contributed by atoms with van der Waals surface area (Å²) in [6, 6.07) is 3.95. The number of benzene rings is 2. The number of hydrogen-bond acceptors (Lipinski definition) is 6. The molecule has 3 aromatic rings. The highest BCUT2D eigenvalue weighted by atomic mass is 35.5. The molecule has 4 rings (SSSR count). The van der Waals surface area contributed by atoms with E-state index in [1.807, 2.05) is 4.90 Å². The molecule has 6 nitrogen and oxygen atoms in total. The minimum Gasteiger partial charge on any atom is -0.494 e. The second kappa shape index (κ2) is 11.8. The maximum absolute atomic E-state index is 13.5. The van der Waals surface area contributed by atoms with Crippen molar-refractivity contribution >= 4 is 56.6 Å². The van der Waals surface area contributed by atoms with E-state index in [-0.39, 0.29) is 30.1 Å². The van der Waals surface area contributed by atoms with Crippen LogP contribution in [0.1, 0.15) is 21.5 Å². The van der Waals surface area contributed by atoms with Crippen LogP contribution in [-0.2, 0) is 17.1 Å². The van der Waals surface area contributed by atoms with Gasteiger partial charge in [0.2, 0.25) is 0 Å². The van der Waals surface area contributed by atoms with Crippen LogP contribution in [0.25, 0.3) is 10.2 Å². The maximum Gasteiger partial charge on any atom is 0.416 e. The Balaban J connectivity index is 0.00000400. The fourth-order valence-electron chi connectivity index (χ4n) is 3.81. The molecule has 0 N–H and O–H groups in total. The van der Waals surface area contributed by atoms with Crippen molar-refractivity contribution in [2.75, 3.05) is 51.4 Å². The number of anilines is 1. The fourth-order valence-corrected chi connectivity index (χ4v) is 5.09. The predicted molar refractivity (Wildman–Crippen MR) is 134 cm³/mol. The molecule has 1 saturated heterocycles. The Morgan fingerprint density at radius 1 is 1.11 bits per heavy atom. The average molecular weight is 604 g/mol. The Morgan fingerprint density at radius 3 is 2.26 bits per heavy atom. The number of thiazole rings is 1. The molecule has 2 heterocycles. The van der Waals surface area contributed by atoms with Gasteiger partial charge in [-0.05, 0) is 30.3 Å². The van der Waals surface area contributed by atoms with Crippen LogP contribution in [0.4, 0.5) is 31.5 Å². The van der Waals surface area contributed by atoms with Gasteiger partial charge in [0.25, 0.3) is 5.91 Å². The number of hydrogen-bond donors (Lipinski definition) is 0. The molecule has 15 heteroatoms. The van der Waals surface area contributed by atoms with Crippen molar-refractivity contribution in [3.05, 3.63) is 52.0 Å². The quantitative estimate of drug-likeness (QED) is 0.305. The third kappa shape index (κ3) is 6.63. The number of halogens is 8. The average Bonchev–Trinajstić information content (AvgIpc) is 3.30. The van der Waals surface area contributed by atoms with Crippen LogP contribution >= 0.6 is 35.3 Å². The summed E-state index contributed by atoms with van der Waals surface area (Å²) in [5.41, 5.74) is -3.60. The number of aromatic nitrogens is 1. The topological polar surface area (TPSA) is 54.9 Å². The number of alkyl halides is 6. The lowest BCUT2D eigenvalue weighted by atomic mass is 10.0. The predicted octanol–water partition coefficient (Wildman–Crippen LogP) is 6.40. The lowest BCUT2D eigenvalue weighted by Gasteiger charge is -2.29. The van der Waals surface area contributed by atoms with Gasteiger partial charge in [0, 0.05) is 31.7 Å². The highest BCUT2D eigenvalue weighted by Gasteiger charge is 2.38. The molecule has 0 bridgehead atoms. The summed E-state index contributed by atoms with van der Waals surface area (Å²) >= 11 is 7.27. The first kappa shape index (κ1) is 30.2. The van der Waals surface area contributed by atoms with Gasteiger partial charge in [0.15, 0.2) is 5.13 Å². The number of morpholine rings is 1. The molecule has 0 spiro atoms. The molecule has 0 aliphatic carbocycles. The van der Waals surface area contributed by atoms with Crippen LogP contribution in [-0.4, -0.2) is 62.3 Å². The van der Waals surface area contributed by atoms with Crippen molar-refractivity contribution in [2.45, 2.75) is 12.4 Å². The van der Waals surface area contributed by atoms with E-state index in [9.17, 15) is 31.1 Å². The number of carbonyl (C=O) groups is 1. The third-order valence-corrected chi connectivity index (χ3v) is 7.26. The van der Waals surface area contributed by atoms with Gasteiger partial charge in [-0.15, -0.1) is 12.4 Å². The van der Waals surface area contributed by atoms with Gasteiger partial charge in [-0.2, -0.15) is 26.3 Å². The van der Waals surface area contributed by atoms with Crippen LogP contribution in [0.3, 0.4) is 0 Å². The standard InChI is InChI=1S/C23H20ClF6N3O3S.ClH/c1-35-17-3-2-16(24)19-18(17)31-21(37-19)33(5-4-32-6-8-36-9-7-32)20(34)13-10-14(22(25,26)27)12-15(11-13)23(28,29)30;/h2-3,10-12H,4-9H2,1H3;1H. The number of ether oxygens (including phenoxy) is 2. The van der Waals surface area contributed by atoms with Gasteiger partial charge >= 0.3 is 12.4 Å². The molecule has 0 saturated carbocycles. The maximum atomic E-state index is 13.5. The van der Waals surface area contributed by atoms with E-state index in [2.05, 4.69) is 4.98 Å². The smallest absolute Gasteiger partial charge is 0.416 e. The number of carbonyl (C=O) groups excluding carboxylic acids is 1. The molecule has 1 aliphatic rings. The first-order chi connectivity index (χ1) is 17.4. The summed E-state index contributed by atoms with van der Waals surface area (Å²) in [4.78, 5) is 21.0. The van der Waals surface area contributed by atoms with Gasteiger partial charge < -0.3 is 9.47 Å². The summed E-state index contributed by atoms with van der Waals surface area (Å²) in [5, 5.41) is 0.365. The fraction of sp³-hybridized carbons (Fsp3) is 0.391. The van der Waals surface area contributed by atoms with Gasteiger partial charge in [-0.3, -0.25) is 14.6 Å². The van der Waals surface area contributed by atoms with E-state index >= 15 is 0 Å². The molecule has 1 aliphatic heterocycles. The zero-order valence-electron chi connectivity index (χ0n) is 19.7. The van der Waals surface area contributed by atoms with Crippen molar-refractivity contribution in [1.82, 2.24) is 9.88 Å². The molecule has 2 aromatic carbocycles. The normalized spacial score (nSPS) is 14.8. The van der Waals surface area contributed by atoms with Crippen molar-refractivity contribution in [3.63, 3.8) is 0 Å². The van der Waals surface area contributed by atoms with E-state index < -0.39 is 35.0 Å². The van der Waals surface area contributed by atoms with Gasteiger partial charge in [-0.1, -0.05) is 22.9 Å². The molecule has 0 radical (unpaired) electrons. The number of methoxy groups -OCH3 is 1. The summed E-state index contributed by atoms with van der Waals surface area (Å²) < 4.78 is 91.6. The van der Waals surface area contributed by atoms with E-state index in [1.54, 1.807) is 12.1 Å². The number of fused-ring (bicyclic) bond motifs is 1. The van der Waals surface area contributed by atoms with Gasteiger partial charge in [0.05, 0.1) is 41.2 Å². The lowest BCUT2D eigenvalue weighted by molar-refractivity contribution is -0.143. The summed E-state index contributed by atoms with van der Waals surface area (Å²) in [5.74, 6) is -0.708. The van der Waals surface area contributed by atoms with Crippen molar-refractivity contribution < 1.29 is 40.6 Å². The Morgan fingerprint density at radius 2 is 1.71 bits per heavy atom. The zero-order valence-corrected chi connectivity index (χ0v) is 22.0. The van der Waals surface area contributed by atoms with Crippen molar-refractivity contribution in [1.29, 1.82) is 0 Å². The molecule has 1 aromatic heterocycles. The zero-order chi connectivity index (χ0) is 27.0. The molecule has 1 fully saturated rings. The summed E-state index contributed by atoms with van der Waals surface area (Å²) in [6.45, 7) is 2.29. The van der Waals surface area contributed by atoms with Crippen LogP contribution in [0.15, 0.2) is 30.3 Å². The molecule has 1 amide bonds. The van der Waals surface area contributed by atoms with E-state index in [0.717, 1.165) is 16.2 Å². The van der Waals surface area contributed by atoms with Crippen LogP contribution in [0.2, 0.25) is 5.02 Å². The van der Waals surface area contributed by atoms with Crippen LogP contribution in [0, 0.1) is 0 Å². The van der Waals surface area contributed by atoms with E-state index in [4.69, 9.17) is 21.1 Å². The van der Waals surface area contributed by atoms with Crippen LogP contribution in [0.5, 0.6) is 5.75 Å². The molecular weight excluding hydrogens is 583 g/mol. The second-order valence-corrected chi connectivity index (χ2v) is 9.51. The summed E-state index contributed by atoms with van der Waals surface area (Å²) in [6.07, 6.45) is -10.2. The van der Waals surface area contributed by atoms with Gasteiger partial charge in [-0.25, -0.2) is 4.98 Å². The number of rotatable bonds is 6. The number of nitrogens with zero attached hydrogens (tertiary/aromatic N) is 3. The first-order valence-electron chi connectivity index (χ1n) is 10.9. The molecule has 0 unspecified atom stereocenters. The third-order valence-electron chi connectivity index (χ3n) is 5.72. The Hall–Kier alpha value is -2.32. The first-order valence-corrected chi connectivity index (χ1v) is 12.1. The Kier molecular flexibility index (Phi) is 9.40. The van der Waals surface area contributed by atoms with Crippen molar-refractivity contribution in [3.8, 4) is 5.75 Å². The summed E-state index contributed by atoms with van der Waals surface area (Å²) in [7, 11) is 1.41. The van der Waals surface area contributed by atoms with E-state index in [1.165, 1.54) is 7.11 Å². The minimum absolute atomic E-state index is 0. The monoisotopic (exact) mass is 603 g/mol. The van der Waals surface area contributed by atoms with Gasteiger partial charge in [0.1, 0.15) is 11.3 Å². The highest BCUT2D eigenvalue weighted by molar-refractivity contribution is 7.23. The highest BCUT2D eigenvalue weighted by Crippen LogP contribution is 2.40. The Labute approximate surface area is 228 Å². The molecule has 208 valence electrons. The van der Waals surface area contributed by atoms with Crippen molar-refractivity contribution in [2.24, 2.45) is 0 Å². The number of amides is 1. The molecule has 38 heavy (non-hydrogen) atoms. The SMILES string of the molecule is COc1ccc(Cl)c2sc(N(CCN3CCOCC3)C(=O)c3cc(C(F)(F)F)cc(C(F)(F)F)c3)nc12.Cl. The molecule has 0 atom stereocenters. The second-order valence-electron chi connectivity index (χ2n) is 8.13. The van der Waals surface area contributed by atoms with Crippen LogP contribution < -0.4 is 9.64 Å².